The van der Waals surface area contributed by atoms with Crippen LogP contribution in [0.1, 0.15) is 36.8 Å². The van der Waals surface area contributed by atoms with Crippen LogP contribution in [0.15, 0.2) is 43.6 Å². The Balaban J connectivity index is 1.36. The topological polar surface area (TPSA) is 99.7 Å². The maximum atomic E-state index is 13.9. The van der Waals surface area contributed by atoms with E-state index in [9.17, 15) is 13.6 Å². The third kappa shape index (κ3) is 5.76. The molecular weight excluding hydrogens is 616 g/mol. The van der Waals surface area contributed by atoms with Crippen molar-refractivity contribution in [1.29, 1.82) is 0 Å². The van der Waals surface area contributed by atoms with Gasteiger partial charge < -0.3 is 24.2 Å². The number of H-pyrrole nitrogens is 1. The lowest BCUT2D eigenvalue weighted by atomic mass is 9.72. The number of likely N-dealkylation sites (N-methyl/N-ethyl adjacent to an activating group) is 1. The van der Waals surface area contributed by atoms with Gasteiger partial charge in [0.05, 0.1) is 11.7 Å². The standard InChI is InChI=1S/C36H41F2N7O3/c1-5-23-16-25-32(33(47-19-28(37)38)31(23)30-22(3)9-10-27-26(30)17-39-42-27)40-35(48-18-24-8-7-13-43(24)4)41-34(25)44-14-11-36(12-15-44)20-45(21-36)29(46)6-2/h5-6,9-10,16-17,24,28H,1-2,7-8,11-15,18-21H2,3-4H3,(H,39,42)/t24-/m0/s1. The molecule has 5 heterocycles. The Morgan fingerprint density at radius 2 is 1.92 bits per heavy atom. The van der Waals surface area contributed by atoms with E-state index in [0.29, 0.717) is 60.6 Å². The van der Waals surface area contributed by atoms with Gasteiger partial charge in [-0.2, -0.15) is 15.1 Å². The molecule has 4 aromatic rings. The van der Waals surface area contributed by atoms with E-state index in [1.807, 2.05) is 30.0 Å². The van der Waals surface area contributed by atoms with Gasteiger partial charge in [0.1, 0.15) is 24.5 Å². The zero-order valence-corrected chi connectivity index (χ0v) is 27.5. The van der Waals surface area contributed by atoms with Gasteiger partial charge in [-0.05, 0) is 81.1 Å². The van der Waals surface area contributed by atoms with Crippen LogP contribution in [0.2, 0.25) is 0 Å². The highest BCUT2D eigenvalue weighted by atomic mass is 19.3. The minimum absolute atomic E-state index is 0.0371. The van der Waals surface area contributed by atoms with Crippen molar-refractivity contribution < 1.29 is 23.0 Å². The molecule has 2 aromatic carbocycles. The molecular formula is C36H41F2N7O3. The first-order chi connectivity index (χ1) is 23.2. The summed E-state index contributed by atoms with van der Waals surface area (Å²) in [5, 5.41) is 8.78. The van der Waals surface area contributed by atoms with Crippen molar-refractivity contribution in [3.05, 3.63) is 54.8 Å². The minimum atomic E-state index is -2.70. The number of fused-ring (bicyclic) bond motifs is 2. The Labute approximate surface area is 278 Å². The van der Waals surface area contributed by atoms with E-state index >= 15 is 0 Å². The quantitative estimate of drug-likeness (QED) is 0.212. The number of aromatic amines is 1. The first-order valence-electron chi connectivity index (χ1n) is 16.5. The first-order valence-corrected chi connectivity index (χ1v) is 16.5. The fourth-order valence-electron chi connectivity index (χ4n) is 7.61. The summed E-state index contributed by atoms with van der Waals surface area (Å²) in [6.07, 6.45) is 5.99. The van der Waals surface area contributed by atoms with Crippen LogP contribution < -0.4 is 14.4 Å². The lowest BCUT2D eigenvalue weighted by Crippen LogP contribution is -2.61. The van der Waals surface area contributed by atoms with Crippen molar-refractivity contribution in [2.75, 3.05) is 57.9 Å². The number of nitrogens with one attached hydrogen (secondary N) is 1. The molecule has 0 radical (unpaired) electrons. The predicted molar refractivity (Wildman–Crippen MR) is 183 cm³/mol. The number of alkyl halides is 2. The van der Waals surface area contributed by atoms with Crippen LogP contribution in [0, 0.1) is 12.3 Å². The molecule has 7 rings (SSSR count). The van der Waals surface area contributed by atoms with Gasteiger partial charge in [-0.15, -0.1) is 0 Å². The van der Waals surface area contributed by atoms with Gasteiger partial charge in [0.25, 0.3) is 6.43 Å². The van der Waals surface area contributed by atoms with E-state index in [4.69, 9.17) is 19.4 Å². The highest BCUT2D eigenvalue weighted by Gasteiger charge is 2.46. The maximum absolute atomic E-state index is 13.9. The van der Waals surface area contributed by atoms with Crippen LogP contribution in [-0.2, 0) is 4.79 Å². The highest BCUT2D eigenvalue weighted by molar-refractivity contribution is 6.07. The number of hydrogen-bond donors (Lipinski definition) is 1. The Morgan fingerprint density at radius 1 is 1.12 bits per heavy atom. The molecule has 0 unspecified atom stereocenters. The second-order valence-corrected chi connectivity index (χ2v) is 13.4. The molecule has 1 N–H and O–H groups in total. The number of aromatic nitrogens is 4. The fourth-order valence-corrected chi connectivity index (χ4v) is 7.61. The number of likely N-dealkylation sites (tertiary alicyclic amines) is 2. The fraction of sp³-hybridized carbons (Fsp3) is 0.444. The van der Waals surface area contributed by atoms with E-state index in [1.54, 1.807) is 12.3 Å². The van der Waals surface area contributed by atoms with Gasteiger partial charge >= 0.3 is 6.01 Å². The average molecular weight is 658 g/mol. The number of anilines is 1. The number of hydrogen-bond acceptors (Lipinski definition) is 8. The summed E-state index contributed by atoms with van der Waals surface area (Å²) in [5.74, 6) is 0.861. The maximum Gasteiger partial charge on any atom is 0.319 e. The van der Waals surface area contributed by atoms with Crippen LogP contribution in [0.5, 0.6) is 11.8 Å². The second kappa shape index (κ2) is 12.8. The van der Waals surface area contributed by atoms with E-state index < -0.39 is 13.0 Å². The molecule has 3 aliphatic heterocycles. The van der Waals surface area contributed by atoms with Crippen molar-refractivity contribution in [1.82, 2.24) is 30.0 Å². The van der Waals surface area contributed by atoms with E-state index in [-0.39, 0.29) is 29.1 Å². The zero-order valence-electron chi connectivity index (χ0n) is 27.5. The molecule has 3 fully saturated rings. The molecule has 0 saturated carbocycles. The molecule has 0 bridgehead atoms. The number of nitrogens with zero attached hydrogens (tertiary/aromatic N) is 6. The van der Waals surface area contributed by atoms with Gasteiger partial charge in [0.2, 0.25) is 5.91 Å². The van der Waals surface area contributed by atoms with Gasteiger partial charge in [-0.3, -0.25) is 9.89 Å². The van der Waals surface area contributed by atoms with E-state index in [0.717, 1.165) is 54.3 Å². The predicted octanol–water partition coefficient (Wildman–Crippen LogP) is 5.86. The van der Waals surface area contributed by atoms with Crippen LogP contribution in [0.3, 0.4) is 0 Å². The number of halogens is 2. The third-order valence-electron chi connectivity index (χ3n) is 10.3. The normalized spacial score (nSPS) is 19.3. The highest BCUT2D eigenvalue weighted by Crippen LogP contribution is 2.47. The third-order valence-corrected chi connectivity index (χ3v) is 10.3. The molecule has 0 aliphatic carbocycles. The summed E-state index contributed by atoms with van der Waals surface area (Å²) in [5.41, 5.74) is 4.34. The molecule has 3 aliphatic rings. The van der Waals surface area contributed by atoms with Crippen molar-refractivity contribution >= 4 is 39.6 Å². The molecule has 12 heteroatoms. The van der Waals surface area contributed by atoms with Crippen LogP contribution >= 0.6 is 0 Å². The molecule has 252 valence electrons. The Morgan fingerprint density at radius 3 is 2.60 bits per heavy atom. The van der Waals surface area contributed by atoms with Crippen molar-refractivity contribution in [3.8, 4) is 22.9 Å². The Bertz CT molecular complexity index is 1880. The number of ether oxygens (including phenoxy) is 2. The van der Waals surface area contributed by atoms with Crippen molar-refractivity contribution in [3.63, 3.8) is 0 Å². The summed E-state index contributed by atoms with van der Waals surface area (Å²) in [6, 6.07) is 6.31. The Kier molecular flexibility index (Phi) is 8.53. The minimum Gasteiger partial charge on any atom is -0.485 e. The van der Waals surface area contributed by atoms with E-state index in [1.165, 1.54) is 6.08 Å². The van der Waals surface area contributed by atoms with E-state index in [2.05, 4.69) is 40.2 Å². The average Bonchev–Trinajstić information content (AvgIpc) is 3.72. The lowest BCUT2D eigenvalue weighted by molar-refractivity contribution is -0.139. The number of piperidine rings is 1. The SMILES string of the molecule is C=CC(=O)N1CC2(CCN(c3nc(OC[C@@H]4CCCN4C)nc4c(OCC(F)F)c(-c5c(C)ccc6[nH]ncc56)c(C=C)cc34)CC2)C1. The van der Waals surface area contributed by atoms with Crippen molar-refractivity contribution in [2.45, 2.75) is 45.1 Å². The largest absolute Gasteiger partial charge is 0.485 e. The summed E-state index contributed by atoms with van der Waals surface area (Å²) >= 11 is 0. The first kappa shape index (κ1) is 32.0. The number of carbonyl (C=O) groups is 1. The number of rotatable bonds is 10. The van der Waals surface area contributed by atoms with Gasteiger partial charge in [0.15, 0.2) is 5.75 Å². The zero-order chi connectivity index (χ0) is 33.6. The summed E-state index contributed by atoms with van der Waals surface area (Å²) in [7, 11) is 2.08. The lowest BCUT2D eigenvalue weighted by Gasteiger charge is -2.54. The van der Waals surface area contributed by atoms with Gasteiger partial charge in [-0.1, -0.05) is 25.3 Å². The number of carbonyl (C=O) groups excluding carboxylic acids is 1. The number of amides is 1. The summed E-state index contributed by atoms with van der Waals surface area (Å²) < 4.78 is 40.0. The molecule has 1 amide bonds. The van der Waals surface area contributed by atoms with Crippen LogP contribution in [-0.4, -0.2) is 101 Å². The molecule has 1 atom stereocenters. The number of aryl methyl sites for hydroxylation is 1. The summed E-state index contributed by atoms with van der Waals surface area (Å²) in [6.45, 7) is 13.2. The smallest absolute Gasteiger partial charge is 0.319 e. The molecule has 10 nitrogen and oxygen atoms in total. The molecule has 3 saturated heterocycles. The van der Waals surface area contributed by atoms with Crippen molar-refractivity contribution in [2.24, 2.45) is 5.41 Å². The second-order valence-electron chi connectivity index (χ2n) is 13.4. The molecule has 2 aromatic heterocycles. The van der Waals surface area contributed by atoms with Crippen LogP contribution in [0.25, 0.3) is 39.0 Å². The van der Waals surface area contributed by atoms with Crippen LogP contribution in [0.4, 0.5) is 14.6 Å². The summed E-state index contributed by atoms with van der Waals surface area (Å²) in [4.78, 5) is 28.3. The van der Waals surface area contributed by atoms with Gasteiger partial charge in [-0.25, -0.2) is 8.78 Å². The number of benzene rings is 2. The monoisotopic (exact) mass is 657 g/mol. The Hall–Kier alpha value is -4.58. The molecule has 48 heavy (non-hydrogen) atoms. The molecule has 1 spiro atoms. The van der Waals surface area contributed by atoms with Gasteiger partial charge in [0, 0.05) is 54.0 Å².